The van der Waals surface area contributed by atoms with Crippen molar-refractivity contribution in [2.24, 2.45) is 0 Å². The fraction of sp³-hybridized carbons (Fsp3) is 0.875. The molecular weight excluding hydrogens is 282 g/mol. The number of aromatic nitrogens is 2. The second kappa shape index (κ2) is 7.14. The molecule has 1 unspecified atom stereocenters. The van der Waals surface area contributed by atoms with Crippen molar-refractivity contribution in [2.45, 2.75) is 74.7 Å². The fourth-order valence-corrected chi connectivity index (χ4v) is 4.72. The topological polar surface area (TPSA) is 51.0 Å². The molecular formula is C16H27N3OS. The maximum Gasteiger partial charge on any atom is 0.234 e. The van der Waals surface area contributed by atoms with Crippen molar-refractivity contribution in [3.8, 4) is 0 Å². The third-order valence-corrected chi connectivity index (χ3v) is 6.44. The molecule has 1 N–H and O–H groups in total. The van der Waals surface area contributed by atoms with Gasteiger partial charge in [0, 0.05) is 11.8 Å². The molecule has 0 bridgehead atoms. The largest absolute Gasteiger partial charge is 0.339 e. The third-order valence-electron chi connectivity index (χ3n) is 5.07. The molecule has 118 valence electrons. The van der Waals surface area contributed by atoms with Crippen molar-refractivity contribution in [1.82, 2.24) is 15.5 Å². The van der Waals surface area contributed by atoms with Crippen LogP contribution in [0.5, 0.6) is 0 Å². The Morgan fingerprint density at radius 3 is 2.86 bits per heavy atom. The molecule has 2 heterocycles. The Kier molecular flexibility index (Phi) is 5.22. The summed E-state index contributed by atoms with van der Waals surface area (Å²) in [4.78, 5) is 4.72. The van der Waals surface area contributed by atoms with Crippen LogP contribution in [0.3, 0.4) is 0 Å². The normalized spacial score (nSPS) is 27.9. The average molecular weight is 309 g/mol. The van der Waals surface area contributed by atoms with E-state index < -0.39 is 0 Å². The van der Waals surface area contributed by atoms with Crippen molar-refractivity contribution in [1.29, 1.82) is 0 Å². The highest BCUT2D eigenvalue weighted by Gasteiger charge is 2.37. The summed E-state index contributed by atoms with van der Waals surface area (Å²) in [5.74, 6) is 2.65. The van der Waals surface area contributed by atoms with Crippen LogP contribution in [0.15, 0.2) is 4.52 Å². The molecule has 1 saturated carbocycles. The molecule has 1 atom stereocenters. The van der Waals surface area contributed by atoms with Gasteiger partial charge >= 0.3 is 0 Å². The number of piperidine rings is 1. The molecule has 5 heteroatoms. The Morgan fingerprint density at radius 2 is 2.14 bits per heavy atom. The van der Waals surface area contributed by atoms with Gasteiger partial charge in [-0.2, -0.15) is 16.7 Å². The lowest BCUT2D eigenvalue weighted by Gasteiger charge is -2.33. The average Bonchev–Trinajstić information content (AvgIpc) is 3.04. The Labute approximate surface area is 131 Å². The standard InChI is InChI=1S/C16H27N3OS/c1-2-16(9-6-10-17-12-16)15-18-14(19-20-15)11-21-13-7-4-3-5-8-13/h13,17H,2-12H2,1H3. The quantitative estimate of drug-likeness (QED) is 0.899. The molecule has 2 fully saturated rings. The molecule has 0 spiro atoms. The van der Waals surface area contributed by atoms with Gasteiger partial charge in [0.2, 0.25) is 5.89 Å². The van der Waals surface area contributed by atoms with Crippen LogP contribution in [-0.2, 0) is 11.2 Å². The number of hydrogen-bond donors (Lipinski definition) is 1. The smallest absolute Gasteiger partial charge is 0.234 e. The van der Waals surface area contributed by atoms with Gasteiger partial charge in [-0.05, 0) is 38.6 Å². The highest BCUT2D eigenvalue weighted by Crippen LogP contribution is 2.34. The second-order valence-corrected chi connectivity index (χ2v) is 7.79. The highest BCUT2D eigenvalue weighted by atomic mass is 32.2. The summed E-state index contributed by atoms with van der Waals surface area (Å²) in [7, 11) is 0. The fourth-order valence-electron chi connectivity index (χ4n) is 3.56. The van der Waals surface area contributed by atoms with E-state index in [9.17, 15) is 0 Å². The van der Waals surface area contributed by atoms with E-state index in [2.05, 4.69) is 17.4 Å². The third kappa shape index (κ3) is 3.62. The summed E-state index contributed by atoms with van der Waals surface area (Å²) in [6, 6.07) is 0. The summed E-state index contributed by atoms with van der Waals surface area (Å²) >= 11 is 2.02. The lowest BCUT2D eigenvalue weighted by atomic mass is 9.78. The zero-order chi connectivity index (χ0) is 14.5. The van der Waals surface area contributed by atoms with Gasteiger partial charge in [-0.3, -0.25) is 0 Å². The van der Waals surface area contributed by atoms with Crippen molar-refractivity contribution in [3.05, 3.63) is 11.7 Å². The van der Waals surface area contributed by atoms with Crippen molar-refractivity contribution >= 4 is 11.8 Å². The molecule has 0 radical (unpaired) electrons. The van der Waals surface area contributed by atoms with Gasteiger partial charge < -0.3 is 9.84 Å². The van der Waals surface area contributed by atoms with E-state index in [-0.39, 0.29) is 5.41 Å². The number of rotatable bonds is 5. The van der Waals surface area contributed by atoms with Gasteiger partial charge in [0.25, 0.3) is 0 Å². The minimum atomic E-state index is 0.0685. The van der Waals surface area contributed by atoms with Gasteiger partial charge in [0.1, 0.15) is 0 Å². The lowest BCUT2D eigenvalue weighted by Crippen LogP contribution is -2.43. The van der Waals surface area contributed by atoms with E-state index in [1.165, 1.54) is 38.5 Å². The molecule has 1 saturated heterocycles. The molecule has 1 aliphatic heterocycles. The van der Waals surface area contributed by atoms with Gasteiger partial charge in [0.15, 0.2) is 5.82 Å². The summed E-state index contributed by atoms with van der Waals surface area (Å²) in [6.07, 6.45) is 10.3. The predicted octanol–water partition coefficient (Wildman–Crippen LogP) is 3.67. The van der Waals surface area contributed by atoms with Crippen LogP contribution in [0, 0.1) is 0 Å². The summed E-state index contributed by atoms with van der Waals surface area (Å²) in [6.45, 7) is 4.31. The first-order valence-corrected chi connectivity index (χ1v) is 9.53. The molecule has 0 aromatic carbocycles. The Morgan fingerprint density at radius 1 is 1.29 bits per heavy atom. The zero-order valence-electron chi connectivity index (χ0n) is 13.1. The van der Waals surface area contributed by atoms with Gasteiger partial charge in [0.05, 0.1) is 11.2 Å². The predicted molar refractivity (Wildman–Crippen MR) is 86.5 cm³/mol. The molecule has 1 aromatic rings. The molecule has 3 rings (SSSR count). The Hall–Kier alpha value is -0.550. The monoisotopic (exact) mass is 309 g/mol. The number of hydrogen-bond acceptors (Lipinski definition) is 5. The molecule has 2 aliphatic rings. The highest BCUT2D eigenvalue weighted by molar-refractivity contribution is 7.99. The minimum Gasteiger partial charge on any atom is -0.339 e. The van der Waals surface area contributed by atoms with Crippen LogP contribution in [0.1, 0.15) is 70.0 Å². The molecule has 0 amide bonds. The van der Waals surface area contributed by atoms with Crippen LogP contribution in [0.25, 0.3) is 0 Å². The second-order valence-electron chi connectivity index (χ2n) is 6.50. The van der Waals surface area contributed by atoms with Gasteiger partial charge in [-0.15, -0.1) is 0 Å². The minimum absolute atomic E-state index is 0.0685. The van der Waals surface area contributed by atoms with Crippen LogP contribution in [-0.4, -0.2) is 28.5 Å². The maximum atomic E-state index is 5.62. The maximum absolute atomic E-state index is 5.62. The number of thioether (sulfide) groups is 1. The van der Waals surface area contributed by atoms with E-state index in [4.69, 9.17) is 9.51 Å². The van der Waals surface area contributed by atoms with Crippen LogP contribution < -0.4 is 5.32 Å². The Bertz CT molecular complexity index is 436. The first kappa shape index (κ1) is 15.3. The molecule has 1 aliphatic carbocycles. The Balaban J connectivity index is 1.59. The van der Waals surface area contributed by atoms with E-state index >= 15 is 0 Å². The van der Waals surface area contributed by atoms with Crippen LogP contribution >= 0.6 is 11.8 Å². The van der Waals surface area contributed by atoms with E-state index in [1.54, 1.807) is 0 Å². The summed E-state index contributed by atoms with van der Waals surface area (Å²) in [5.41, 5.74) is 0.0685. The van der Waals surface area contributed by atoms with Gasteiger partial charge in [-0.1, -0.05) is 31.3 Å². The molecule has 1 aromatic heterocycles. The van der Waals surface area contributed by atoms with Crippen LogP contribution in [0.2, 0.25) is 0 Å². The summed E-state index contributed by atoms with van der Waals surface area (Å²) in [5, 5.41) is 8.52. The van der Waals surface area contributed by atoms with E-state index in [0.29, 0.717) is 0 Å². The first-order chi connectivity index (χ1) is 10.3. The van der Waals surface area contributed by atoms with E-state index in [1.807, 2.05) is 11.8 Å². The number of nitrogens with one attached hydrogen (secondary N) is 1. The van der Waals surface area contributed by atoms with Gasteiger partial charge in [-0.25, -0.2) is 0 Å². The molecule has 4 nitrogen and oxygen atoms in total. The van der Waals surface area contributed by atoms with Crippen molar-refractivity contribution in [3.63, 3.8) is 0 Å². The molecule has 21 heavy (non-hydrogen) atoms. The first-order valence-electron chi connectivity index (χ1n) is 8.48. The number of nitrogens with zero attached hydrogens (tertiary/aromatic N) is 2. The van der Waals surface area contributed by atoms with Crippen molar-refractivity contribution < 1.29 is 4.52 Å². The lowest BCUT2D eigenvalue weighted by molar-refractivity contribution is 0.220. The summed E-state index contributed by atoms with van der Waals surface area (Å²) < 4.78 is 5.62. The zero-order valence-corrected chi connectivity index (χ0v) is 13.9. The van der Waals surface area contributed by atoms with Crippen LogP contribution in [0.4, 0.5) is 0 Å². The van der Waals surface area contributed by atoms with Crippen molar-refractivity contribution in [2.75, 3.05) is 13.1 Å². The SMILES string of the molecule is CCC1(c2nc(CSC3CCCCC3)no2)CCCNC1. The van der Waals surface area contributed by atoms with E-state index in [0.717, 1.165) is 48.6 Å².